The minimum atomic E-state index is -1.15. The maximum absolute atomic E-state index is 11.1. The predicted molar refractivity (Wildman–Crippen MR) is 270 cm³/mol. The summed E-state index contributed by atoms with van der Waals surface area (Å²) in [7, 11) is 0. The van der Waals surface area contributed by atoms with E-state index in [0.29, 0.717) is 52.4 Å². The molecule has 4 amide bonds. The van der Waals surface area contributed by atoms with Crippen LogP contribution in [0.3, 0.4) is 0 Å². The van der Waals surface area contributed by atoms with Crippen molar-refractivity contribution < 1.29 is 60.7 Å². The van der Waals surface area contributed by atoms with Crippen LogP contribution in [0.15, 0.2) is 243 Å². The molecule has 8 aromatic carbocycles. The van der Waals surface area contributed by atoms with E-state index < -0.39 is 24.4 Å². The summed E-state index contributed by atoms with van der Waals surface area (Å²) >= 11 is 0. The summed E-state index contributed by atoms with van der Waals surface area (Å²) in [6, 6.07) is 76.0. The first-order valence-corrected chi connectivity index (χ1v) is 23.2. The number of benzene rings is 8. The van der Waals surface area contributed by atoms with E-state index >= 15 is 0 Å². The second kappa shape index (κ2) is 32.4. The van der Waals surface area contributed by atoms with Gasteiger partial charge in [0.05, 0.1) is 0 Å². The van der Waals surface area contributed by atoms with Crippen molar-refractivity contribution in [2.45, 2.75) is 52.4 Å². The van der Waals surface area contributed by atoms with Crippen molar-refractivity contribution in [3.8, 4) is 0 Å². The molecule has 0 aliphatic carbocycles. The number of hydrogen-bond acceptors (Lipinski definition) is 8. The predicted octanol–water partition coefficient (Wildman–Crippen LogP) is 8.13. The molecule has 73 heavy (non-hydrogen) atoms. The van der Waals surface area contributed by atoms with Crippen molar-refractivity contribution in [2.24, 2.45) is 0 Å². The number of amides is 4. The van der Waals surface area contributed by atoms with Crippen LogP contribution in [-0.4, -0.2) is 44.0 Å². The fourth-order valence-electron chi connectivity index (χ4n) is 7.17. The maximum atomic E-state index is 11.1. The zero-order chi connectivity index (χ0) is 51.2. The number of nitrogens with zero attached hydrogens (tertiary/aromatic N) is 4. The molecule has 0 aromatic heterocycles. The fourth-order valence-corrected chi connectivity index (χ4v) is 7.17. The van der Waals surface area contributed by atoms with Crippen LogP contribution in [0.4, 0.5) is 19.2 Å². The van der Waals surface area contributed by atoms with Crippen molar-refractivity contribution in [3.63, 3.8) is 0 Å². The summed E-state index contributed by atoms with van der Waals surface area (Å²) in [5.74, 6) is 0. The minimum absolute atomic E-state index is 0. The quantitative estimate of drug-likeness (QED) is 0.0873. The third-order valence-electron chi connectivity index (χ3n) is 10.8. The fraction of sp³-hybridized carbons (Fsp3) is 0.133. The zero-order valence-electron chi connectivity index (χ0n) is 40.2. The summed E-state index contributed by atoms with van der Waals surface area (Å²) in [6.45, 7) is 2.76. The van der Waals surface area contributed by atoms with E-state index in [1.807, 2.05) is 243 Å². The Labute approximate surface area is 441 Å². The van der Waals surface area contributed by atoms with E-state index in [1.54, 1.807) is 0 Å². The van der Waals surface area contributed by atoms with Crippen LogP contribution in [0.5, 0.6) is 0 Å². The smallest absolute Gasteiger partial charge is 0.530 e. The molecule has 0 atom stereocenters. The normalized spacial score (nSPS) is 9.86. The van der Waals surface area contributed by atoms with Crippen molar-refractivity contribution >= 4 is 24.4 Å². The van der Waals surface area contributed by atoms with Crippen LogP contribution in [0, 0.1) is 0 Å². The van der Waals surface area contributed by atoms with Crippen LogP contribution in [0.1, 0.15) is 44.5 Å². The number of carbonyl (C=O) groups is 4. The Hall–Kier alpha value is -8.47. The molecule has 0 aliphatic heterocycles. The van der Waals surface area contributed by atoms with Crippen LogP contribution >= 0.6 is 0 Å². The summed E-state index contributed by atoms with van der Waals surface area (Å²) in [5.41, 5.74) is 7.65. The van der Waals surface area contributed by atoms with Crippen LogP contribution < -0.4 is 20.4 Å². The van der Waals surface area contributed by atoms with Crippen molar-refractivity contribution in [2.75, 3.05) is 0 Å². The number of carbonyl (C=O) groups excluding carboxylic acids is 4. The Morgan fingerprint density at radius 1 is 0.219 bits per heavy atom. The average Bonchev–Trinajstić information content (AvgIpc) is 3.41. The van der Waals surface area contributed by atoms with E-state index in [0.717, 1.165) is 44.5 Å². The van der Waals surface area contributed by atoms with Crippen LogP contribution in [-0.2, 0) is 73.4 Å². The molecule has 0 aliphatic rings. The summed E-state index contributed by atoms with van der Waals surface area (Å²) < 4.78 is 0. The monoisotopic (exact) mass is 1060 g/mol. The molecule has 13 heteroatoms. The van der Waals surface area contributed by atoms with Crippen LogP contribution in [0.25, 0.3) is 0 Å². The largest absolute Gasteiger partial charge is 4.00 e. The van der Waals surface area contributed by atoms with E-state index in [9.17, 15) is 39.6 Å². The second-order valence-corrected chi connectivity index (χ2v) is 16.4. The van der Waals surface area contributed by atoms with E-state index in [1.165, 1.54) is 19.6 Å². The molecular formula is C60H56MoN4O8. The van der Waals surface area contributed by atoms with E-state index in [2.05, 4.69) is 0 Å². The molecule has 0 heterocycles. The van der Waals surface area contributed by atoms with Crippen LogP contribution in [0.2, 0.25) is 0 Å². The first kappa shape index (κ1) is 57.1. The SMILES string of the molecule is O=C([O-])N(Cc1ccccc1)Cc1ccccc1.O=C([O-])N(Cc1ccccc1)Cc1ccccc1.O=C([O-])N(Cc1ccccc1)Cc1ccccc1.O=C([O-])N(Cc1ccccc1)Cc1ccccc1.[Mo+4]. The van der Waals surface area contributed by atoms with Gasteiger partial charge in [0.25, 0.3) is 0 Å². The Kier molecular flexibility index (Phi) is 25.4. The summed E-state index contributed by atoms with van der Waals surface area (Å²) in [4.78, 5) is 49.7. The molecule has 8 rings (SSSR count). The Bertz CT molecular complexity index is 2220. The van der Waals surface area contributed by atoms with E-state index in [-0.39, 0.29) is 21.1 Å². The van der Waals surface area contributed by atoms with Gasteiger partial charge in [0.1, 0.15) is 24.4 Å². The molecule has 0 bridgehead atoms. The number of rotatable bonds is 16. The molecule has 0 spiro atoms. The van der Waals surface area contributed by atoms with Gasteiger partial charge >= 0.3 is 21.1 Å². The Morgan fingerprint density at radius 2 is 0.315 bits per heavy atom. The van der Waals surface area contributed by atoms with Crippen molar-refractivity contribution in [1.82, 2.24) is 19.6 Å². The third kappa shape index (κ3) is 22.4. The van der Waals surface area contributed by atoms with Gasteiger partial charge in [-0.05, 0) is 44.5 Å². The number of carboxylic acid groups (broad SMARTS) is 4. The molecule has 0 saturated heterocycles. The standard InChI is InChI=1S/4C15H15NO2.Mo/c4*17-15(18)16(11-13-7-3-1-4-8-13)12-14-9-5-2-6-10-14;/h4*1-10H,11-12H2,(H,17,18);/q;;;;+4/p-4. The van der Waals surface area contributed by atoms with Gasteiger partial charge in [-0.1, -0.05) is 243 Å². The van der Waals surface area contributed by atoms with Gasteiger partial charge in [-0.3, -0.25) is 0 Å². The zero-order valence-corrected chi connectivity index (χ0v) is 42.2. The second-order valence-electron chi connectivity index (χ2n) is 16.4. The first-order valence-electron chi connectivity index (χ1n) is 23.2. The number of hydrogen-bond donors (Lipinski definition) is 0. The van der Waals surface area contributed by atoms with Crippen molar-refractivity contribution in [1.29, 1.82) is 0 Å². The molecule has 0 N–H and O–H groups in total. The van der Waals surface area contributed by atoms with Gasteiger partial charge < -0.3 is 59.2 Å². The average molecular weight is 1060 g/mol. The molecule has 0 saturated carbocycles. The minimum Gasteiger partial charge on any atom is -0.530 e. The first-order chi connectivity index (χ1) is 35.0. The summed E-state index contributed by atoms with van der Waals surface area (Å²) in [5, 5.41) is 44.5. The van der Waals surface area contributed by atoms with E-state index in [4.69, 9.17) is 0 Å². The molecule has 12 nitrogen and oxygen atoms in total. The Balaban J connectivity index is 0.000000210. The topological polar surface area (TPSA) is 173 Å². The maximum Gasteiger partial charge on any atom is 4.00 e. The Morgan fingerprint density at radius 3 is 0.397 bits per heavy atom. The van der Waals surface area contributed by atoms with Gasteiger partial charge in [0.15, 0.2) is 0 Å². The molecular weight excluding hydrogens is 1000 g/mol. The van der Waals surface area contributed by atoms with Gasteiger partial charge in [-0.2, -0.15) is 0 Å². The van der Waals surface area contributed by atoms with Gasteiger partial charge in [-0.25, -0.2) is 0 Å². The third-order valence-corrected chi connectivity index (χ3v) is 10.8. The molecule has 370 valence electrons. The summed E-state index contributed by atoms with van der Waals surface area (Å²) in [6.07, 6.45) is -4.60. The van der Waals surface area contributed by atoms with Gasteiger partial charge in [0.2, 0.25) is 0 Å². The molecule has 8 aromatic rings. The van der Waals surface area contributed by atoms with Gasteiger partial charge in [-0.15, -0.1) is 0 Å². The van der Waals surface area contributed by atoms with Gasteiger partial charge in [0, 0.05) is 52.4 Å². The molecule has 0 unspecified atom stereocenters. The molecule has 0 radical (unpaired) electrons. The van der Waals surface area contributed by atoms with Crippen molar-refractivity contribution in [3.05, 3.63) is 287 Å². The molecule has 0 fully saturated rings.